The van der Waals surface area contributed by atoms with Gasteiger partial charge >= 0.3 is 0 Å². The van der Waals surface area contributed by atoms with Crippen LogP contribution in [-0.4, -0.2) is 49.0 Å². The monoisotopic (exact) mass is 300 g/mol. The van der Waals surface area contributed by atoms with Crippen LogP contribution >= 0.6 is 23.4 Å². The molecule has 2 N–H and O–H groups in total. The van der Waals surface area contributed by atoms with E-state index >= 15 is 0 Å². The molecule has 1 aliphatic heterocycles. The molecule has 19 heavy (non-hydrogen) atoms. The van der Waals surface area contributed by atoms with Gasteiger partial charge in [-0.1, -0.05) is 11.6 Å². The summed E-state index contributed by atoms with van der Waals surface area (Å²) in [6.45, 7) is 1.29. The zero-order valence-corrected chi connectivity index (χ0v) is 13.0. The summed E-state index contributed by atoms with van der Waals surface area (Å²) in [7, 11) is 3.94. The normalized spacial score (nSPS) is 20.4. The number of nitrogens with zero attached hydrogens (tertiary/aromatic N) is 1. The summed E-state index contributed by atoms with van der Waals surface area (Å²) in [5, 5.41) is 14.2. The molecule has 0 radical (unpaired) electrons. The Hall–Kier alpha value is -0.260. The number of hydrogen-bond donors (Lipinski definition) is 2. The molecule has 0 amide bonds. The van der Waals surface area contributed by atoms with E-state index in [2.05, 4.69) is 11.4 Å². The Morgan fingerprint density at radius 1 is 1.53 bits per heavy atom. The zero-order chi connectivity index (χ0) is 13.8. The van der Waals surface area contributed by atoms with Crippen LogP contribution in [0.2, 0.25) is 5.02 Å². The van der Waals surface area contributed by atoms with Gasteiger partial charge in [-0.05, 0) is 50.0 Å². The van der Waals surface area contributed by atoms with Gasteiger partial charge in [0.05, 0.1) is 6.10 Å². The fraction of sp³-hybridized carbons (Fsp3) is 0.571. The van der Waals surface area contributed by atoms with E-state index in [4.69, 9.17) is 11.6 Å². The molecule has 1 aliphatic rings. The molecule has 2 unspecified atom stereocenters. The first-order valence-corrected chi connectivity index (χ1v) is 7.91. The molecule has 2 rings (SSSR count). The lowest BCUT2D eigenvalue weighted by Gasteiger charge is -2.27. The van der Waals surface area contributed by atoms with Crippen molar-refractivity contribution in [1.29, 1.82) is 0 Å². The Morgan fingerprint density at radius 2 is 2.32 bits per heavy atom. The van der Waals surface area contributed by atoms with E-state index in [1.165, 1.54) is 10.5 Å². The number of hydrogen-bond acceptors (Lipinski definition) is 4. The van der Waals surface area contributed by atoms with Crippen molar-refractivity contribution in [2.75, 3.05) is 32.9 Å². The Balaban J connectivity index is 1.97. The Kier molecular flexibility index (Phi) is 5.54. The summed E-state index contributed by atoms with van der Waals surface area (Å²) in [5.41, 5.74) is 1.26. The third-order valence-corrected chi connectivity index (χ3v) is 4.54. The van der Waals surface area contributed by atoms with Gasteiger partial charge in [-0.25, -0.2) is 0 Å². The van der Waals surface area contributed by atoms with Crippen LogP contribution in [0.25, 0.3) is 0 Å². The minimum atomic E-state index is -0.341. The van der Waals surface area contributed by atoms with Crippen molar-refractivity contribution in [3.63, 3.8) is 0 Å². The maximum Gasteiger partial charge on any atom is 0.0791 e. The van der Waals surface area contributed by atoms with Crippen LogP contribution in [0.4, 0.5) is 0 Å². The molecule has 0 bridgehead atoms. The third-order valence-electron chi connectivity index (χ3n) is 3.19. The van der Waals surface area contributed by atoms with Crippen molar-refractivity contribution in [1.82, 2.24) is 10.2 Å². The lowest BCUT2D eigenvalue weighted by atomic mass is 10.0. The highest BCUT2D eigenvalue weighted by Crippen LogP contribution is 2.37. The molecule has 0 spiro atoms. The predicted molar refractivity (Wildman–Crippen MR) is 82.1 cm³/mol. The van der Waals surface area contributed by atoms with Gasteiger partial charge in [0.2, 0.25) is 0 Å². The van der Waals surface area contributed by atoms with Gasteiger partial charge in [0.25, 0.3) is 0 Å². The van der Waals surface area contributed by atoms with Crippen LogP contribution in [0, 0.1) is 0 Å². The van der Waals surface area contributed by atoms with Crippen molar-refractivity contribution in [2.24, 2.45) is 0 Å². The zero-order valence-electron chi connectivity index (χ0n) is 11.4. The molecule has 0 saturated carbocycles. The number of aliphatic hydroxyl groups excluding tert-OH is 1. The van der Waals surface area contributed by atoms with E-state index in [-0.39, 0.29) is 6.10 Å². The number of likely N-dealkylation sites (N-methyl/N-ethyl adjacent to an activating group) is 1. The largest absolute Gasteiger partial charge is 0.390 e. The molecule has 1 aromatic rings. The van der Waals surface area contributed by atoms with Crippen molar-refractivity contribution < 1.29 is 5.11 Å². The standard InChI is InChI=1S/C14H21ClN2OS/c1-17(2)9-11(18)8-16-13-5-6-19-14-4-3-10(15)7-12(13)14/h3-4,7,11,13,16,18H,5-6,8-9H2,1-2H3. The second-order valence-corrected chi connectivity index (χ2v) is 6.77. The summed E-state index contributed by atoms with van der Waals surface area (Å²) < 4.78 is 0. The SMILES string of the molecule is CN(C)CC(O)CNC1CCSc2ccc(Cl)cc21. The van der Waals surface area contributed by atoms with Crippen LogP contribution in [0.5, 0.6) is 0 Å². The fourth-order valence-corrected chi connectivity index (χ4v) is 3.63. The van der Waals surface area contributed by atoms with Crippen LogP contribution in [-0.2, 0) is 0 Å². The molecule has 0 aromatic heterocycles. The molecular formula is C14H21ClN2OS. The molecular weight excluding hydrogens is 280 g/mol. The second kappa shape index (κ2) is 6.95. The molecule has 0 aliphatic carbocycles. The minimum absolute atomic E-state index is 0.298. The number of halogens is 1. The van der Waals surface area contributed by atoms with Gasteiger partial charge in [-0.2, -0.15) is 0 Å². The Morgan fingerprint density at radius 3 is 3.05 bits per heavy atom. The summed E-state index contributed by atoms with van der Waals surface area (Å²) in [6, 6.07) is 6.37. The van der Waals surface area contributed by atoms with Crippen LogP contribution in [0.15, 0.2) is 23.1 Å². The highest BCUT2D eigenvalue weighted by Gasteiger charge is 2.21. The molecule has 0 saturated heterocycles. The van der Waals surface area contributed by atoms with Crippen LogP contribution < -0.4 is 5.32 Å². The fourth-order valence-electron chi connectivity index (χ4n) is 2.34. The first-order valence-electron chi connectivity index (χ1n) is 6.54. The summed E-state index contributed by atoms with van der Waals surface area (Å²) >= 11 is 7.96. The number of fused-ring (bicyclic) bond motifs is 1. The quantitative estimate of drug-likeness (QED) is 0.875. The third kappa shape index (κ3) is 4.36. The first-order chi connectivity index (χ1) is 9.06. The van der Waals surface area contributed by atoms with Crippen molar-refractivity contribution >= 4 is 23.4 Å². The smallest absolute Gasteiger partial charge is 0.0791 e. The molecule has 106 valence electrons. The summed E-state index contributed by atoms with van der Waals surface area (Å²) in [6.07, 6.45) is 0.736. The first kappa shape index (κ1) is 15.1. The van der Waals surface area contributed by atoms with Crippen LogP contribution in [0.3, 0.4) is 0 Å². The number of thioether (sulfide) groups is 1. The van der Waals surface area contributed by atoms with E-state index in [1.807, 2.05) is 42.9 Å². The summed E-state index contributed by atoms with van der Waals surface area (Å²) in [5.74, 6) is 1.11. The van der Waals surface area contributed by atoms with Gasteiger partial charge in [-0.15, -0.1) is 11.8 Å². The minimum Gasteiger partial charge on any atom is -0.390 e. The van der Waals surface area contributed by atoms with Gasteiger partial charge in [0, 0.05) is 29.0 Å². The van der Waals surface area contributed by atoms with E-state index in [1.54, 1.807) is 0 Å². The Bertz CT molecular complexity index is 428. The van der Waals surface area contributed by atoms with Crippen molar-refractivity contribution in [2.45, 2.75) is 23.5 Å². The lowest BCUT2D eigenvalue weighted by Crippen LogP contribution is -2.37. The maximum atomic E-state index is 9.92. The maximum absolute atomic E-state index is 9.92. The average molecular weight is 301 g/mol. The van der Waals surface area contributed by atoms with Gasteiger partial charge < -0.3 is 15.3 Å². The van der Waals surface area contributed by atoms with Crippen molar-refractivity contribution in [3.8, 4) is 0 Å². The van der Waals surface area contributed by atoms with E-state index < -0.39 is 0 Å². The van der Waals surface area contributed by atoms with E-state index in [0.717, 1.165) is 17.2 Å². The van der Waals surface area contributed by atoms with Crippen molar-refractivity contribution in [3.05, 3.63) is 28.8 Å². The highest BCUT2D eigenvalue weighted by atomic mass is 35.5. The second-order valence-electron chi connectivity index (χ2n) is 5.20. The highest BCUT2D eigenvalue weighted by molar-refractivity contribution is 7.99. The Labute approximate surface area is 124 Å². The number of benzene rings is 1. The molecule has 5 heteroatoms. The molecule has 0 fully saturated rings. The predicted octanol–water partition coefficient (Wildman–Crippen LogP) is 2.39. The molecule has 1 aromatic carbocycles. The van der Waals surface area contributed by atoms with E-state index in [0.29, 0.717) is 19.1 Å². The van der Waals surface area contributed by atoms with Gasteiger partial charge in [-0.3, -0.25) is 0 Å². The van der Waals surface area contributed by atoms with E-state index in [9.17, 15) is 5.11 Å². The average Bonchev–Trinajstić information content (AvgIpc) is 2.35. The molecule has 1 heterocycles. The van der Waals surface area contributed by atoms with Gasteiger partial charge in [0.1, 0.15) is 0 Å². The molecule has 2 atom stereocenters. The van der Waals surface area contributed by atoms with Crippen LogP contribution in [0.1, 0.15) is 18.0 Å². The topological polar surface area (TPSA) is 35.5 Å². The molecule has 3 nitrogen and oxygen atoms in total. The number of nitrogens with one attached hydrogen (secondary N) is 1. The summed E-state index contributed by atoms with van der Waals surface area (Å²) in [4.78, 5) is 3.30. The lowest BCUT2D eigenvalue weighted by molar-refractivity contribution is 0.131. The number of aliphatic hydroxyl groups is 1. The number of rotatable bonds is 5. The van der Waals surface area contributed by atoms with Gasteiger partial charge in [0.15, 0.2) is 0 Å².